The quantitative estimate of drug-likeness (QED) is 0.479. The monoisotopic (exact) mass is 403 g/mol. The number of aromatic nitrogens is 2. The molecule has 4 aromatic rings. The van der Waals surface area contributed by atoms with Crippen LogP contribution in [-0.2, 0) is 0 Å². The molecule has 1 aromatic heterocycles. The predicted octanol–water partition coefficient (Wildman–Crippen LogP) is 5.22. The minimum absolute atomic E-state index is 0.0176. The van der Waals surface area contributed by atoms with E-state index in [9.17, 15) is 4.79 Å². The number of benzene rings is 3. The molecule has 0 spiro atoms. The third-order valence-corrected chi connectivity index (χ3v) is 5.10. The van der Waals surface area contributed by atoms with E-state index >= 15 is 0 Å². The summed E-state index contributed by atoms with van der Waals surface area (Å²) in [7, 11) is 0. The summed E-state index contributed by atoms with van der Waals surface area (Å²) in [5.74, 6) is -0.103. The van der Waals surface area contributed by atoms with E-state index in [1.165, 1.54) is 0 Å². The number of carbonyl (C=O) groups excluding carboxylic acids is 1. The highest BCUT2D eigenvalue weighted by Crippen LogP contribution is 2.22. The van der Waals surface area contributed by atoms with Gasteiger partial charge in [0.25, 0.3) is 5.91 Å². The van der Waals surface area contributed by atoms with E-state index in [4.69, 9.17) is 11.6 Å². The van der Waals surface area contributed by atoms with Crippen LogP contribution in [0.15, 0.2) is 97.6 Å². The van der Waals surface area contributed by atoms with Gasteiger partial charge in [-0.2, -0.15) is 0 Å². The number of rotatable bonds is 6. The van der Waals surface area contributed by atoms with Crippen LogP contribution in [0.3, 0.4) is 0 Å². The second-order valence-electron chi connectivity index (χ2n) is 6.73. The number of halogens is 1. The van der Waals surface area contributed by atoms with Crippen molar-refractivity contribution in [2.75, 3.05) is 6.54 Å². The molecule has 5 heteroatoms. The number of carbonyl (C=O) groups is 1. The van der Waals surface area contributed by atoms with Gasteiger partial charge in [0.1, 0.15) is 0 Å². The molecule has 4 rings (SSSR count). The molecule has 0 radical (unpaired) electrons. The number of hydrogen-bond donors (Lipinski definition) is 1. The van der Waals surface area contributed by atoms with Crippen molar-refractivity contribution >= 4 is 17.5 Å². The Bertz CT molecular complexity index is 1060. The highest BCUT2D eigenvalue weighted by molar-refractivity contribution is 6.30. The van der Waals surface area contributed by atoms with Gasteiger partial charge in [-0.1, -0.05) is 66.2 Å². The van der Waals surface area contributed by atoms with Gasteiger partial charge >= 0.3 is 0 Å². The van der Waals surface area contributed by atoms with E-state index in [-0.39, 0.29) is 11.9 Å². The molecule has 29 heavy (non-hydrogen) atoms. The molecule has 0 saturated heterocycles. The third-order valence-electron chi connectivity index (χ3n) is 4.85. The first-order valence-electron chi connectivity index (χ1n) is 9.37. The molecule has 0 fully saturated rings. The Kier molecular flexibility index (Phi) is 5.73. The summed E-state index contributed by atoms with van der Waals surface area (Å²) < 4.78 is 2.00. The maximum atomic E-state index is 12.7. The van der Waals surface area contributed by atoms with Crippen LogP contribution in [0, 0.1) is 0 Å². The standard InChI is InChI=1S/C24H20ClN3O/c25-22-12-10-19(11-13-22)18-6-8-21(9-7-18)24(29)27-16-23(28-15-14-26-17-28)20-4-2-1-3-5-20/h1-15,17,23H,16H2,(H,27,29)/t23-/m0/s1/i23+2. The SMILES string of the molecule is O=C(NC[14C@@H](c1ccccc1)n1ccnc1)c1ccc(-c2ccc(Cl)cc2)cc1. The van der Waals surface area contributed by atoms with Gasteiger partial charge in [0.2, 0.25) is 0 Å². The first-order chi connectivity index (χ1) is 14.2. The number of nitrogens with one attached hydrogen (secondary N) is 1. The van der Waals surface area contributed by atoms with Crippen molar-refractivity contribution in [3.8, 4) is 11.1 Å². The Morgan fingerprint density at radius 1 is 0.931 bits per heavy atom. The van der Waals surface area contributed by atoms with Gasteiger partial charge in [0.15, 0.2) is 0 Å². The molecule has 1 N–H and O–H groups in total. The first-order valence-corrected chi connectivity index (χ1v) is 9.75. The Morgan fingerprint density at radius 2 is 1.59 bits per heavy atom. The second kappa shape index (κ2) is 8.76. The van der Waals surface area contributed by atoms with Crippen molar-refractivity contribution in [2.24, 2.45) is 0 Å². The van der Waals surface area contributed by atoms with Gasteiger partial charge < -0.3 is 9.88 Å². The van der Waals surface area contributed by atoms with Gasteiger partial charge in [0, 0.05) is 29.5 Å². The van der Waals surface area contributed by atoms with Gasteiger partial charge in [-0.25, -0.2) is 4.98 Å². The zero-order chi connectivity index (χ0) is 20.1. The molecule has 0 aliphatic heterocycles. The van der Waals surface area contributed by atoms with Gasteiger partial charge in [-0.15, -0.1) is 0 Å². The van der Waals surface area contributed by atoms with Gasteiger partial charge in [0.05, 0.1) is 12.4 Å². The predicted molar refractivity (Wildman–Crippen MR) is 116 cm³/mol. The smallest absolute Gasteiger partial charge is 0.251 e. The van der Waals surface area contributed by atoms with Crippen molar-refractivity contribution in [3.05, 3.63) is 114 Å². The molecule has 1 amide bonds. The fraction of sp³-hybridized carbons (Fsp3) is 0.0833. The topological polar surface area (TPSA) is 46.9 Å². The van der Waals surface area contributed by atoms with Crippen LogP contribution in [0.25, 0.3) is 11.1 Å². The van der Waals surface area contributed by atoms with Crippen LogP contribution >= 0.6 is 11.6 Å². The zero-order valence-electron chi connectivity index (χ0n) is 15.7. The number of imidazole rings is 1. The number of hydrogen-bond acceptors (Lipinski definition) is 2. The Morgan fingerprint density at radius 3 is 2.21 bits per heavy atom. The van der Waals surface area contributed by atoms with Crippen molar-refractivity contribution in [2.45, 2.75) is 6.04 Å². The molecule has 0 aliphatic rings. The molecule has 0 aliphatic carbocycles. The molecular weight excluding hydrogens is 384 g/mol. The number of nitrogens with zero attached hydrogens (tertiary/aromatic N) is 2. The van der Waals surface area contributed by atoms with Crippen molar-refractivity contribution in [1.82, 2.24) is 14.9 Å². The molecule has 0 unspecified atom stereocenters. The summed E-state index contributed by atoms with van der Waals surface area (Å²) in [6, 6.07) is 25.3. The van der Waals surface area contributed by atoms with E-state index < -0.39 is 0 Å². The van der Waals surface area contributed by atoms with Crippen molar-refractivity contribution in [3.63, 3.8) is 0 Å². The summed E-state index contributed by atoms with van der Waals surface area (Å²) in [6.45, 7) is 0.470. The van der Waals surface area contributed by atoms with Crippen LogP contribution in [0.4, 0.5) is 0 Å². The normalized spacial score (nSPS) is 11.8. The molecule has 0 bridgehead atoms. The lowest BCUT2D eigenvalue weighted by Crippen LogP contribution is -2.31. The molecular formula is C24H20ClN3O. The lowest BCUT2D eigenvalue weighted by molar-refractivity contribution is 0.0950. The summed E-state index contributed by atoms with van der Waals surface area (Å²) in [5.41, 5.74) is 3.84. The van der Waals surface area contributed by atoms with Crippen LogP contribution in [-0.4, -0.2) is 22.0 Å². The van der Waals surface area contributed by atoms with Crippen molar-refractivity contribution in [1.29, 1.82) is 0 Å². The average Bonchev–Trinajstić information content (AvgIpc) is 3.30. The largest absolute Gasteiger partial charge is 0.350 e. The van der Waals surface area contributed by atoms with Crippen LogP contribution < -0.4 is 5.32 Å². The Balaban J connectivity index is 1.46. The highest BCUT2D eigenvalue weighted by Gasteiger charge is 2.15. The third kappa shape index (κ3) is 4.55. The van der Waals surface area contributed by atoms with E-state index in [1.807, 2.05) is 77.5 Å². The first kappa shape index (κ1) is 19.0. The highest BCUT2D eigenvalue weighted by atomic mass is 35.5. The molecule has 1 heterocycles. The molecule has 144 valence electrons. The minimum atomic E-state index is -0.103. The fourth-order valence-corrected chi connectivity index (χ4v) is 3.40. The minimum Gasteiger partial charge on any atom is -0.350 e. The van der Waals surface area contributed by atoms with Crippen LogP contribution in [0.1, 0.15) is 22.0 Å². The van der Waals surface area contributed by atoms with Gasteiger partial charge in [-0.05, 0) is 41.0 Å². The average molecular weight is 404 g/mol. The maximum absolute atomic E-state index is 12.7. The summed E-state index contributed by atoms with van der Waals surface area (Å²) in [5, 5.41) is 3.75. The van der Waals surface area contributed by atoms with Gasteiger partial charge in [-0.3, -0.25) is 4.79 Å². The summed E-state index contributed by atoms with van der Waals surface area (Å²) >= 11 is 5.95. The lowest BCUT2D eigenvalue weighted by atomic mass is 10.0. The van der Waals surface area contributed by atoms with Crippen LogP contribution in [0.5, 0.6) is 0 Å². The number of amides is 1. The molecule has 0 saturated carbocycles. The zero-order valence-corrected chi connectivity index (χ0v) is 16.5. The molecule has 4 nitrogen and oxygen atoms in total. The van der Waals surface area contributed by atoms with E-state index in [0.717, 1.165) is 16.7 Å². The molecule has 3 aromatic carbocycles. The lowest BCUT2D eigenvalue weighted by Gasteiger charge is -2.19. The second-order valence-corrected chi connectivity index (χ2v) is 7.17. The fourth-order valence-electron chi connectivity index (χ4n) is 3.27. The van der Waals surface area contributed by atoms with E-state index in [1.54, 1.807) is 12.5 Å². The summed E-state index contributed by atoms with van der Waals surface area (Å²) in [4.78, 5) is 16.8. The van der Waals surface area contributed by atoms with Crippen LogP contribution in [0.2, 0.25) is 5.02 Å². The van der Waals surface area contributed by atoms with E-state index in [2.05, 4.69) is 22.4 Å². The Labute approximate surface area is 174 Å². The van der Waals surface area contributed by atoms with E-state index in [0.29, 0.717) is 17.1 Å². The Hall–Kier alpha value is -3.37. The summed E-state index contributed by atoms with van der Waals surface area (Å²) in [6.07, 6.45) is 5.42. The molecule has 1 atom stereocenters. The van der Waals surface area contributed by atoms with Crippen molar-refractivity contribution < 1.29 is 4.79 Å². The maximum Gasteiger partial charge on any atom is 0.251 e.